The van der Waals surface area contributed by atoms with E-state index in [1.54, 1.807) is 6.08 Å². The predicted octanol–water partition coefficient (Wildman–Crippen LogP) is 4.56. The van der Waals surface area contributed by atoms with Crippen LogP contribution in [0.1, 0.15) is 29.5 Å². The molecule has 1 fully saturated rings. The standard InChI is InChI=1S/C23H25N3O3S2/c1-16-14-17(2)21-20(15-16)30-23(24-21)25-22(27)19-8-11-26(12-9-19)31(28,29)13-10-18-6-4-3-5-7-18/h3-7,10,13-15,19H,8-9,11-12H2,1-2H3,(H,24,25,27)/b13-10+. The van der Waals surface area contributed by atoms with Crippen LogP contribution in [0, 0.1) is 19.8 Å². The van der Waals surface area contributed by atoms with Crippen LogP contribution in [0.15, 0.2) is 47.9 Å². The number of amides is 1. The molecule has 0 spiro atoms. The zero-order valence-corrected chi connectivity index (χ0v) is 19.2. The summed E-state index contributed by atoms with van der Waals surface area (Å²) < 4.78 is 27.7. The molecule has 1 saturated heterocycles. The second kappa shape index (κ2) is 8.90. The van der Waals surface area contributed by atoms with Gasteiger partial charge in [-0.3, -0.25) is 4.79 Å². The molecule has 2 heterocycles. The van der Waals surface area contributed by atoms with Gasteiger partial charge < -0.3 is 5.32 Å². The minimum absolute atomic E-state index is 0.0923. The molecule has 1 aliphatic rings. The maximum absolute atomic E-state index is 12.7. The van der Waals surface area contributed by atoms with Gasteiger partial charge in [-0.25, -0.2) is 13.4 Å². The van der Waals surface area contributed by atoms with Crippen LogP contribution in [0.3, 0.4) is 0 Å². The van der Waals surface area contributed by atoms with E-state index in [2.05, 4.69) is 22.4 Å². The Balaban J connectivity index is 1.36. The predicted molar refractivity (Wildman–Crippen MR) is 126 cm³/mol. The van der Waals surface area contributed by atoms with Gasteiger partial charge in [0, 0.05) is 24.4 Å². The monoisotopic (exact) mass is 455 g/mol. The van der Waals surface area contributed by atoms with E-state index < -0.39 is 10.0 Å². The number of aryl methyl sites for hydroxylation is 2. The number of rotatable bonds is 5. The molecule has 0 saturated carbocycles. The van der Waals surface area contributed by atoms with E-state index in [0.717, 1.165) is 21.3 Å². The number of anilines is 1. The summed E-state index contributed by atoms with van der Waals surface area (Å²) in [6.07, 6.45) is 2.59. The number of thiazole rings is 1. The molecule has 1 amide bonds. The van der Waals surface area contributed by atoms with Crippen molar-refractivity contribution in [1.82, 2.24) is 9.29 Å². The SMILES string of the molecule is Cc1cc(C)c2nc(NC(=O)C3CCN(S(=O)(=O)/C=C/c4ccccc4)CC3)sc2c1. The fourth-order valence-corrected chi connectivity index (χ4v) is 6.08. The first kappa shape index (κ1) is 21.7. The second-order valence-corrected chi connectivity index (χ2v) is 10.7. The summed E-state index contributed by atoms with van der Waals surface area (Å²) in [5.74, 6) is -0.315. The molecular weight excluding hydrogens is 430 g/mol. The largest absolute Gasteiger partial charge is 0.302 e. The Morgan fingerprint density at radius 2 is 1.87 bits per heavy atom. The number of sulfonamides is 1. The highest BCUT2D eigenvalue weighted by atomic mass is 32.2. The van der Waals surface area contributed by atoms with Crippen molar-refractivity contribution in [1.29, 1.82) is 0 Å². The molecule has 0 atom stereocenters. The lowest BCUT2D eigenvalue weighted by atomic mass is 9.97. The molecular formula is C23H25N3O3S2. The van der Waals surface area contributed by atoms with E-state index >= 15 is 0 Å². The quantitative estimate of drug-likeness (QED) is 0.611. The van der Waals surface area contributed by atoms with E-state index in [9.17, 15) is 13.2 Å². The number of nitrogens with one attached hydrogen (secondary N) is 1. The molecule has 1 N–H and O–H groups in total. The van der Waals surface area contributed by atoms with Gasteiger partial charge in [0.15, 0.2) is 5.13 Å². The summed E-state index contributed by atoms with van der Waals surface area (Å²) in [7, 11) is -3.50. The molecule has 1 aromatic heterocycles. The summed E-state index contributed by atoms with van der Waals surface area (Å²) >= 11 is 1.47. The number of piperidine rings is 1. The summed E-state index contributed by atoms with van der Waals surface area (Å²) in [5, 5.41) is 4.77. The fraction of sp³-hybridized carbons (Fsp3) is 0.304. The molecule has 162 valence electrons. The lowest BCUT2D eigenvalue weighted by Gasteiger charge is -2.29. The van der Waals surface area contributed by atoms with Crippen molar-refractivity contribution in [2.24, 2.45) is 5.92 Å². The normalized spacial score (nSPS) is 16.2. The van der Waals surface area contributed by atoms with Crippen molar-refractivity contribution in [2.75, 3.05) is 18.4 Å². The number of nitrogens with zero attached hydrogens (tertiary/aromatic N) is 2. The lowest BCUT2D eigenvalue weighted by molar-refractivity contribution is -0.120. The Hall–Kier alpha value is -2.55. The first-order valence-electron chi connectivity index (χ1n) is 10.2. The molecule has 0 aliphatic carbocycles. The lowest BCUT2D eigenvalue weighted by Crippen LogP contribution is -2.40. The maximum Gasteiger partial charge on any atom is 0.236 e. The zero-order valence-electron chi connectivity index (χ0n) is 17.5. The number of benzene rings is 2. The third kappa shape index (κ3) is 5.03. The number of carbonyl (C=O) groups excluding carboxylic acids is 1. The van der Waals surface area contributed by atoms with E-state index in [1.807, 2.05) is 44.2 Å². The first-order valence-corrected chi connectivity index (χ1v) is 12.6. The average Bonchev–Trinajstić information content (AvgIpc) is 3.16. The average molecular weight is 456 g/mol. The Bertz CT molecular complexity index is 1230. The van der Waals surface area contributed by atoms with Crippen molar-refractivity contribution < 1.29 is 13.2 Å². The van der Waals surface area contributed by atoms with E-state index in [0.29, 0.717) is 31.1 Å². The highest BCUT2D eigenvalue weighted by Crippen LogP contribution is 2.30. The van der Waals surface area contributed by atoms with Gasteiger partial charge >= 0.3 is 0 Å². The molecule has 2 aromatic carbocycles. The van der Waals surface area contributed by atoms with Gasteiger partial charge in [-0.2, -0.15) is 4.31 Å². The van der Waals surface area contributed by atoms with Crippen LogP contribution < -0.4 is 5.32 Å². The Labute approximate surface area is 186 Å². The number of hydrogen-bond acceptors (Lipinski definition) is 5. The van der Waals surface area contributed by atoms with Crippen LogP contribution in [0.4, 0.5) is 5.13 Å². The smallest absolute Gasteiger partial charge is 0.236 e. The Morgan fingerprint density at radius 3 is 2.58 bits per heavy atom. The van der Waals surface area contributed by atoms with Crippen LogP contribution in [-0.4, -0.2) is 36.7 Å². The van der Waals surface area contributed by atoms with Gasteiger partial charge in [-0.05, 0) is 55.5 Å². The fourth-order valence-electron chi connectivity index (χ4n) is 3.82. The number of carbonyl (C=O) groups is 1. The molecule has 8 heteroatoms. The Morgan fingerprint density at radius 1 is 1.16 bits per heavy atom. The highest BCUT2D eigenvalue weighted by Gasteiger charge is 2.30. The van der Waals surface area contributed by atoms with Gasteiger partial charge in [-0.15, -0.1) is 0 Å². The van der Waals surface area contributed by atoms with Gasteiger partial charge in [0.1, 0.15) is 0 Å². The highest BCUT2D eigenvalue weighted by molar-refractivity contribution is 7.92. The number of hydrogen-bond donors (Lipinski definition) is 1. The molecule has 6 nitrogen and oxygen atoms in total. The molecule has 31 heavy (non-hydrogen) atoms. The van der Waals surface area contributed by atoms with Gasteiger partial charge in [0.25, 0.3) is 0 Å². The first-order chi connectivity index (χ1) is 14.8. The molecule has 4 rings (SSSR count). The van der Waals surface area contributed by atoms with Crippen molar-refractivity contribution in [2.45, 2.75) is 26.7 Å². The third-order valence-corrected chi connectivity index (χ3v) is 7.96. The van der Waals surface area contributed by atoms with Crippen LogP contribution in [-0.2, 0) is 14.8 Å². The van der Waals surface area contributed by atoms with Crippen LogP contribution in [0.5, 0.6) is 0 Å². The van der Waals surface area contributed by atoms with Crippen molar-refractivity contribution >= 4 is 48.7 Å². The molecule has 0 radical (unpaired) electrons. The van der Waals surface area contributed by atoms with Crippen molar-refractivity contribution in [3.8, 4) is 0 Å². The van der Waals surface area contributed by atoms with Gasteiger partial charge in [0.2, 0.25) is 15.9 Å². The molecule has 0 bridgehead atoms. The van der Waals surface area contributed by atoms with E-state index in [1.165, 1.54) is 26.6 Å². The topological polar surface area (TPSA) is 79.4 Å². The second-order valence-electron chi connectivity index (χ2n) is 7.87. The number of fused-ring (bicyclic) bond motifs is 1. The van der Waals surface area contributed by atoms with Gasteiger partial charge in [0.05, 0.1) is 10.2 Å². The van der Waals surface area contributed by atoms with Gasteiger partial charge in [-0.1, -0.05) is 47.7 Å². The zero-order chi connectivity index (χ0) is 22.0. The van der Waals surface area contributed by atoms with Crippen LogP contribution in [0.2, 0.25) is 0 Å². The summed E-state index contributed by atoms with van der Waals surface area (Å²) in [6, 6.07) is 13.5. The Kier molecular flexibility index (Phi) is 6.22. The summed E-state index contributed by atoms with van der Waals surface area (Å²) in [5.41, 5.74) is 4.01. The van der Waals surface area contributed by atoms with E-state index in [-0.39, 0.29) is 11.8 Å². The molecule has 3 aromatic rings. The van der Waals surface area contributed by atoms with Crippen LogP contribution in [0.25, 0.3) is 16.3 Å². The maximum atomic E-state index is 12.7. The number of aromatic nitrogens is 1. The van der Waals surface area contributed by atoms with Crippen LogP contribution >= 0.6 is 11.3 Å². The van der Waals surface area contributed by atoms with E-state index in [4.69, 9.17) is 0 Å². The summed E-state index contributed by atoms with van der Waals surface area (Å²) in [4.78, 5) is 17.3. The minimum Gasteiger partial charge on any atom is -0.302 e. The third-order valence-electron chi connectivity index (χ3n) is 5.48. The molecule has 1 aliphatic heterocycles. The van der Waals surface area contributed by atoms with Crippen molar-refractivity contribution in [3.63, 3.8) is 0 Å². The van der Waals surface area contributed by atoms with Crippen molar-refractivity contribution in [3.05, 3.63) is 64.6 Å². The minimum atomic E-state index is -3.50. The molecule has 0 unspecified atom stereocenters. The summed E-state index contributed by atoms with van der Waals surface area (Å²) in [6.45, 7) is 4.72.